The van der Waals surface area contributed by atoms with Crippen LogP contribution in [0.25, 0.3) is 0 Å². The van der Waals surface area contributed by atoms with Crippen LogP contribution in [0.5, 0.6) is 0 Å². The van der Waals surface area contributed by atoms with Crippen LogP contribution < -0.4 is 5.73 Å². The summed E-state index contributed by atoms with van der Waals surface area (Å²) in [5.41, 5.74) is 6.56. The molecule has 0 fully saturated rings. The van der Waals surface area contributed by atoms with Gasteiger partial charge in [-0.05, 0) is 36.6 Å². The third kappa shape index (κ3) is 4.08. The van der Waals surface area contributed by atoms with E-state index in [4.69, 9.17) is 22.1 Å². The van der Waals surface area contributed by atoms with E-state index >= 15 is 0 Å². The highest BCUT2D eigenvalue weighted by Crippen LogP contribution is 2.24. The number of halogens is 2. The third-order valence-corrected chi connectivity index (χ3v) is 2.62. The fourth-order valence-electron chi connectivity index (χ4n) is 1.41. The first-order valence-corrected chi connectivity index (χ1v) is 5.81. The van der Waals surface area contributed by atoms with Crippen molar-refractivity contribution in [2.75, 3.05) is 13.2 Å². The van der Waals surface area contributed by atoms with Gasteiger partial charge < -0.3 is 10.5 Å². The van der Waals surface area contributed by atoms with Gasteiger partial charge in [-0.25, -0.2) is 4.39 Å². The molecule has 1 atom stereocenters. The van der Waals surface area contributed by atoms with Crippen LogP contribution in [0.2, 0.25) is 5.02 Å². The first kappa shape index (κ1) is 13.4. The van der Waals surface area contributed by atoms with Crippen molar-refractivity contribution >= 4 is 11.6 Å². The molecule has 0 spiro atoms. The molecule has 1 aromatic rings. The first-order chi connectivity index (χ1) is 7.65. The summed E-state index contributed by atoms with van der Waals surface area (Å²) in [6.45, 7) is 3.34. The summed E-state index contributed by atoms with van der Waals surface area (Å²) in [5.74, 6) is -0.315. The van der Waals surface area contributed by atoms with E-state index in [9.17, 15) is 4.39 Å². The van der Waals surface area contributed by atoms with Crippen molar-refractivity contribution in [1.82, 2.24) is 0 Å². The van der Waals surface area contributed by atoms with Gasteiger partial charge in [0, 0.05) is 24.3 Å². The highest BCUT2D eigenvalue weighted by molar-refractivity contribution is 6.31. The van der Waals surface area contributed by atoms with Gasteiger partial charge in [0.05, 0.1) is 0 Å². The summed E-state index contributed by atoms with van der Waals surface area (Å²) >= 11 is 5.94. The molecule has 2 nitrogen and oxygen atoms in total. The summed E-state index contributed by atoms with van der Waals surface area (Å²) in [6.07, 6.45) is 1.62. The van der Waals surface area contributed by atoms with Gasteiger partial charge in [-0.15, -0.1) is 0 Å². The van der Waals surface area contributed by atoms with Gasteiger partial charge in [-0.3, -0.25) is 0 Å². The molecule has 4 heteroatoms. The summed E-state index contributed by atoms with van der Waals surface area (Å²) in [7, 11) is 0. The Kier molecular flexibility index (Phi) is 5.74. The maximum Gasteiger partial charge on any atom is 0.123 e. The van der Waals surface area contributed by atoms with Gasteiger partial charge in [-0.1, -0.05) is 18.5 Å². The molecule has 0 aliphatic heterocycles. The van der Waals surface area contributed by atoms with Crippen molar-refractivity contribution in [3.63, 3.8) is 0 Å². The number of benzene rings is 1. The molecule has 0 aromatic heterocycles. The Hall–Kier alpha value is -0.640. The molecule has 16 heavy (non-hydrogen) atoms. The highest BCUT2D eigenvalue weighted by atomic mass is 35.5. The molecule has 1 aromatic carbocycles. The van der Waals surface area contributed by atoms with E-state index in [2.05, 4.69) is 0 Å². The average molecular weight is 246 g/mol. The van der Waals surface area contributed by atoms with Crippen molar-refractivity contribution in [3.05, 3.63) is 34.6 Å². The molecule has 0 aliphatic carbocycles. The number of hydrogen-bond acceptors (Lipinski definition) is 2. The Balaban J connectivity index is 2.51. The first-order valence-electron chi connectivity index (χ1n) is 5.43. The zero-order valence-corrected chi connectivity index (χ0v) is 10.1. The van der Waals surface area contributed by atoms with E-state index in [0.29, 0.717) is 23.6 Å². The third-order valence-electron chi connectivity index (χ3n) is 2.28. The van der Waals surface area contributed by atoms with Gasteiger partial charge in [-0.2, -0.15) is 0 Å². The Morgan fingerprint density at radius 2 is 2.19 bits per heavy atom. The lowest BCUT2D eigenvalue weighted by Gasteiger charge is -2.13. The smallest absolute Gasteiger partial charge is 0.123 e. The van der Waals surface area contributed by atoms with Crippen LogP contribution in [0.4, 0.5) is 4.39 Å². The van der Waals surface area contributed by atoms with Crippen LogP contribution in [0.15, 0.2) is 18.2 Å². The SMILES string of the molecule is CCCOCCC(N)c1cc(F)ccc1Cl. The Morgan fingerprint density at radius 3 is 2.88 bits per heavy atom. The zero-order valence-electron chi connectivity index (χ0n) is 9.38. The molecule has 0 amide bonds. The lowest BCUT2D eigenvalue weighted by Crippen LogP contribution is -2.14. The maximum absolute atomic E-state index is 13.0. The average Bonchev–Trinajstić information content (AvgIpc) is 2.27. The minimum absolute atomic E-state index is 0.278. The molecule has 0 bridgehead atoms. The van der Waals surface area contributed by atoms with Crippen molar-refractivity contribution in [1.29, 1.82) is 0 Å². The van der Waals surface area contributed by atoms with Crippen LogP contribution in [0.3, 0.4) is 0 Å². The topological polar surface area (TPSA) is 35.2 Å². The minimum Gasteiger partial charge on any atom is -0.381 e. The van der Waals surface area contributed by atoms with Crippen LogP contribution in [-0.2, 0) is 4.74 Å². The molecular formula is C12H17ClFNO. The Morgan fingerprint density at radius 1 is 1.44 bits per heavy atom. The maximum atomic E-state index is 13.0. The predicted octanol–water partition coefficient (Wildman–Crippen LogP) is 3.30. The summed E-state index contributed by atoms with van der Waals surface area (Å²) < 4.78 is 18.3. The summed E-state index contributed by atoms with van der Waals surface area (Å²) in [6, 6.07) is 3.96. The predicted molar refractivity (Wildman–Crippen MR) is 64.1 cm³/mol. The number of rotatable bonds is 6. The second-order valence-corrected chi connectivity index (χ2v) is 4.08. The van der Waals surface area contributed by atoms with Crippen LogP contribution in [0, 0.1) is 5.82 Å². The van der Waals surface area contributed by atoms with Crippen LogP contribution in [-0.4, -0.2) is 13.2 Å². The Labute approximate surface area is 101 Å². The zero-order chi connectivity index (χ0) is 12.0. The fourth-order valence-corrected chi connectivity index (χ4v) is 1.67. The van der Waals surface area contributed by atoms with E-state index in [1.807, 2.05) is 6.92 Å². The quantitative estimate of drug-likeness (QED) is 0.781. The largest absolute Gasteiger partial charge is 0.381 e. The normalized spacial score (nSPS) is 12.8. The van der Waals surface area contributed by atoms with E-state index in [0.717, 1.165) is 13.0 Å². The van der Waals surface area contributed by atoms with Gasteiger partial charge in [0.25, 0.3) is 0 Å². The second-order valence-electron chi connectivity index (χ2n) is 3.67. The van der Waals surface area contributed by atoms with Gasteiger partial charge in [0.1, 0.15) is 5.82 Å². The molecule has 2 N–H and O–H groups in total. The van der Waals surface area contributed by atoms with Gasteiger partial charge >= 0.3 is 0 Å². The van der Waals surface area contributed by atoms with Crippen molar-refractivity contribution in [2.45, 2.75) is 25.8 Å². The number of hydrogen-bond donors (Lipinski definition) is 1. The molecule has 0 radical (unpaired) electrons. The standard InChI is InChI=1S/C12H17ClFNO/c1-2-6-16-7-5-12(15)10-8-9(14)3-4-11(10)13/h3-4,8,12H,2,5-7,15H2,1H3. The molecule has 1 unspecified atom stereocenters. The lowest BCUT2D eigenvalue weighted by molar-refractivity contribution is 0.128. The van der Waals surface area contributed by atoms with Crippen molar-refractivity contribution in [3.8, 4) is 0 Å². The van der Waals surface area contributed by atoms with Crippen molar-refractivity contribution in [2.24, 2.45) is 5.73 Å². The number of ether oxygens (including phenoxy) is 1. The summed E-state index contributed by atoms with van der Waals surface area (Å²) in [4.78, 5) is 0. The second kappa shape index (κ2) is 6.84. The van der Waals surface area contributed by atoms with E-state index in [1.54, 1.807) is 0 Å². The highest BCUT2D eigenvalue weighted by Gasteiger charge is 2.11. The summed E-state index contributed by atoms with van der Waals surface area (Å²) in [5, 5.41) is 0.504. The van der Waals surface area contributed by atoms with E-state index in [1.165, 1.54) is 18.2 Å². The lowest BCUT2D eigenvalue weighted by atomic mass is 10.1. The monoisotopic (exact) mass is 245 g/mol. The van der Waals surface area contributed by atoms with E-state index < -0.39 is 0 Å². The number of nitrogens with two attached hydrogens (primary N) is 1. The Bertz CT molecular complexity index is 333. The van der Waals surface area contributed by atoms with Gasteiger partial charge in [0.15, 0.2) is 0 Å². The van der Waals surface area contributed by atoms with E-state index in [-0.39, 0.29) is 11.9 Å². The van der Waals surface area contributed by atoms with Crippen LogP contribution in [0.1, 0.15) is 31.4 Å². The molecule has 0 heterocycles. The van der Waals surface area contributed by atoms with Crippen LogP contribution >= 0.6 is 11.6 Å². The van der Waals surface area contributed by atoms with Crippen molar-refractivity contribution < 1.29 is 9.13 Å². The molecule has 0 saturated carbocycles. The molecule has 1 rings (SSSR count). The fraction of sp³-hybridized carbons (Fsp3) is 0.500. The molecule has 90 valence electrons. The van der Waals surface area contributed by atoms with Gasteiger partial charge in [0.2, 0.25) is 0 Å². The minimum atomic E-state index is -0.315. The molecule has 0 saturated heterocycles. The molecule has 0 aliphatic rings. The molecular weight excluding hydrogens is 229 g/mol.